The van der Waals surface area contributed by atoms with E-state index in [9.17, 15) is 0 Å². The Morgan fingerprint density at radius 2 is 1.69 bits per heavy atom. The molecule has 0 aliphatic rings. The van der Waals surface area contributed by atoms with Crippen molar-refractivity contribution in [3.8, 4) is 0 Å². The van der Waals surface area contributed by atoms with Crippen molar-refractivity contribution in [3.63, 3.8) is 0 Å². The maximum absolute atomic E-state index is 4.40. The molecule has 26 heavy (non-hydrogen) atoms. The normalized spacial score (nSPS) is 13.6. The van der Waals surface area contributed by atoms with Gasteiger partial charge in [0.05, 0.1) is 0 Å². The predicted molar refractivity (Wildman–Crippen MR) is 118 cm³/mol. The molecule has 0 aliphatic carbocycles. The topological polar surface area (TPSA) is 12.0 Å². The summed E-state index contributed by atoms with van der Waals surface area (Å²) in [5.41, 5.74) is 5.86. The molecule has 1 unspecified atom stereocenters. The third-order valence-corrected chi connectivity index (χ3v) is 5.92. The summed E-state index contributed by atoms with van der Waals surface area (Å²) in [7, 11) is 2.05. The number of benzene rings is 1. The van der Waals surface area contributed by atoms with Crippen LogP contribution in [0, 0.1) is 6.92 Å². The molecular formula is C25H43N. The largest absolute Gasteiger partial charge is 0.320 e. The highest BCUT2D eigenvalue weighted by atomic mass is 14.8. The van der Waals surface area contributed by atoms with Crippen molar-refractivity contribution in [1.29, 1.82) is 0 Å². The summed E-state index contributed by atoms with van der Waals surface area (Å²) in [6.07, 6.45) is 12.9. The molecule has 0 heterocycles. The highest BCUT2D eigenvalue weighted by Gasteiger charge is 2.33. The van der Waals surface area contributed by atoms with Gasteiger partial charge in [0.15, 0.2) is 0 Å². The number of allylic oxidation sites excluding steroid dienone is 1. The van der Waals surface area contributed by atoms with Gasteiger partial charge in [-0.05, 0) is 69.8 Å². The number of hydrogen-bond donors (Lipinski definition) is 1. The highest BCUT2D eigenvalue weighted by Crippen LogP contribution is 2.41. The molecule has 0 radical (unpaired) electrons. The molecule has 1 N–H and O–H groups in total. The molecule has 0 spiro atoms. The molecule has 1 aromatic carbocycles. The van der Waals surface area contributed by atoms with E-state index in [0.29, 0.717) is 0 Å². The van der Waals surface area contributed by atoms with Gasteiger partial charge in [-0.2, -0.15) is 0 Å². The highest BCUT2D eigenvalue weighted by molar-refractivity contribution is 5.42. The molecule has 1 nitrogen and oxygen atoms in total. The molecular weight excluding hydrogens is 314 g/mol. The predicted octanol–water partition coefficient (Wildman–Crippen LogP) is 7.12. The zero-order valence-corrected chi connectivity index (χ0v) is 18.2. The molecule has 0 aliphatic heterocycles. The fourth-order valence-electron chi connectivity index (χ4n) is 4.34. The molecule has 0 saturated carbocycles. The number of nitrogens with one attached hydrogen (secondary N) is 1. The Morgan fingerprint density at radius 1 is 1.00 bits per heavy atom. The number of hydrogen-bond acceptors (Lipinski definition) is 1. The molecule has 1 rings (SSSR count). The maximum Gasteiger partial charge on any atom is 0.0171 e. The summed E-state index contributed by atoms with van der Waals surface area (Å²) < 4.78 is 0. The summed E-state index contributed by atoms with van der Waals surface area (Å²) in [5.74, 6) is 0. The zero-order valence-electron chi connectivity index (χ0n) is 18.2. The van der Waals surface area contributed by atoms with Crippen LogP contribution in [-0.2, 0) is 11.8 Å². The van der Waals surface area contributed by atoms with Crippen molar-refractivity contribution in [2.45, 2.75) is 97.3 Å². The summed E-state index contributed by atoms with van der Waals surface area (Å²) in [4.78, 5) is 0. The second-order valence-corrected chi connectivity index (χ2v) is 8.13. The van der Waals surface area contributed by atoms with Crippen molar-refractivity contribution in [2.24, 2.45) is 0 Å². The molecule has 1 heteroatoms. The van der Waals surface area contributed by atoms with Crippen LogP contribution in [0.2, 0.25) is 0 Å². The van der Waals surface area contributed by atoms with Crippen molar-refractivity contribution >= 4 is 0 Å². The zero-order chi connectivity index (χ0) is 19.4. The van der Waals surface area contributed by atoms with Gasteiger partial charge in [-0.15, -0.1) is 0 Å². The summed E-state index contributed by atoms with van der Waals surface area (Å²) in [6.45, 7) is 14.5. The summed E-state index contributed by atoms with van der Waals surface area (Å²) in [5, 5.41) is 3.34. The average molecular weight is 358 g/mol. The van der Waals surface area contributed by atoms with E-state index in [1.165, 1.54) is 80.1 Å². The van der Waals surface area contributed by atoms with E-state index in [2.05, 4.69) is 57.8 Å². The fourth-order valence-corrected chi connectivity index (χ4v) is 4.34. The summed E-state index contributed by atoms with van der Waals surface area (Å²) in [6, 6.07) is 7.22. The lowest BCUT2D eigenvalue weighted by atomic mass is 9.68. The first kappa shape index (κ1) is 23.0. The number of rotatable bonds is 14. The van der Waals surface area contributed by atoms with Crippen LogP contribution in [0.15, 0.2) is 30.4 Å². The lowest BCUT2D eigenvalue weighted by Gasteiger charge is -2.37. The number of unbranched alkanes of at least 4 members (excludes halogenated alkanes) is 5. The Balaban J connectivity index is 2.85. The van der Waals surface area contributed by atoms with E-state index in [1.807, 2.05) is 7.05 Å². The Hall–Kier alpha value is -1.08. The van der Waals surface area contributed by atoms with Crippen LogP contribution in [0.5, 0.6) is 0 Å². The minimum absolute atomic E-state index is 0.112. The molecule has 1 atom stereocenters. The Labute approximate surface area is 163 Å². The lowest BCUT2D eigenvalue weighted by molar-refractivity contribution is 0.415. The van der Waals surface area contributed by atoms with Gasteiger partial charge in [-0.25, -0.2) is 0 Å². The smallest absolute Gasteiger partial charge is 0.0171 e. The standard InChI is InChI=1S/C25H43N/c1-7-9-10-11-12-13-14-23-15-16-24(22(5)20-23)25(17-8-2,21(3)4)18-19-26-6/h15-16,20,26H,3,7-14,17-19H2,1-2,4-6H3. The van der Waals surface area contributed by atoms with E-state index in [0.717, 1.165) is 13.0 Å². The van der Waals surface area contributed by atoms with E-state index in [-0.39, 0.29) is 5.41 Å². The van der Waals surface area contributed by atoms with Gasteiger partial charge in [0.2, 0.25) is 0 Å². The van der Waals surface area contributed by atoms with Crippen LogP contribution in [0.1, 0.15) is 95.2 Å². The third kappa shape index (κ3) is 6.58. The monoisotopic (exact) mass is 357 g/mol. The van der Waals surface area contributed by atoms with Gasteiger partial charge in [-0.1, -0.05) is 82.7 Å². The van der Waals surface area contributed by atoms with Gasteiger partial charge in [0.25, 0.3) is 0 Å². The van der Waals surface area contributed by atoms with Crippen LogP contribution in [0.4, 0.5) is 0 Å². The Bertz CT molecular complexity index is 531. The van der Waals surface area contributed by atoms with Crippen molar-refractivity contribution < 1.29 is 0 Å². The first-order chi connectivity index (χ1) is 12.5. The molecule has 0 bridgehead atoms. The lowest BCUT2D eigenvalue weighted by Crippen LogP contribution is -2.32. The average Bonchev–Trinajstić information content (AvgIpc) is 2.62. The Morgan fingerprint density at radius 3 is 2.27 bits per heavy atom. The van der Waals surface area contributed by atoms with Crippen LogP contribution in [0.25, 0.3) is 0 Å². The van der Waals surface area contributed by atoms with Crippen LogP contribution < -0.4 is 5.32 Å². The Kier molecular flexibility index (Phi) is 10.9. The van der Waals surface area contributed by atoms with Gasteiger partial charge in [0.1, 0.15) is 0 Å². The SMILES string of the molecule is C=C(C)C(CCC)(CCNC)c1ccc(CCCCCCCC)cc1C. The first-order valence-corrected chi connectivity index (χ1v) is 10.9. The van der Waals surface area contributed by atoms with Crippen LogP contribution in [0.3, 0.4) is 0 Å². The van der Waals surface area contributed by atoms with Gasteiger partial charge >= 0.3 is 0 Å². The van der Waals surface area contributed by atoms with E-state index < -0.39 is 0 Å². The fraction of sp³-hybridized carbons (Fsp3) is 0.680. The molecule has 148 valence electrons. The second kappa shape index (κ2) is 12.3. The molecule has 0 saturated heterocycles. The van der Waals surface area contributed by atoms with Gasteiger partial charge < -0.3 is 5.32 Å². The van der Waals surface area contributed by atoms with E-state index in [4.69, 9.17) is 0 Å². The third-order valence-electron chi connectivity index (χ3n) is 5.92. The maximum atomic E-state index is 4.40. The molecule has 0 aromatic heterocycles. The van der Waals surface area contributed by atoms with Crippen molar-refractivity contribution in [3.05, 3.63) is 47.0 Å². The first-order valence-electron chi connectivity index (χ1n) is 10.9. The van der Waals surface area contributed by atoms with Gasteiger partial charge in [-0.3, -0.25) is 0 Å². The quantitative estimate of drug-likeness (QED) is 0.276. The van der Waals surface area contributed by atoms with Crippen LogP contribution in [-0.4, -0.2) is 13.6 Å². The molecule has 0 fully saturated rings. The summed E-state index contributed by atoms with van der Waals surface area (Å²) >= 11 is 0. The minimum atomic E-state index is 0.112. The van der Waals surface area contributed by atoms with Crippen molar-refractivity contribution in [1.82, 2.24) is 5.32 Å². The van der Waals surface area contributed by atoms with Crippen LogP contribution >= 0.6 is 0 Å². The van der Waals surface area contributed by atoms with Crippen molar-refractivity contribution in [2.75, 3.05) is 13.6 Å². The number of aryl methyl sites for hydroxylation is 2. The minimum Gasteiger partial charge on any atom is -0.320 e. The second-order valence-electron chi connectivity index (χ2n) is 8.13. The molecule has 1 aromatic rings. The molecule has 0 amide bonds. The van der Waals surface area contributed by atoms with E-state index >= 15 is 0 Å². The van der Waals surface area contributed by atoms with E-state index in [1.54, 1.807) is 0 Å². The van der Waals surface area contributed by atoms with Gasteiger partial charge in [0, 0.05) is 5.41 Å².